The van der Waals surface area contributed by atoms with Crippen LogP contribution in [0.1, 0.15) is 36.8 Å². The highest BCUT2D eigenvalue weighted by atomic mass is 16.2. The van der Waals surface area contributed by atoms with Crippen LogP contribution in [0.15, 0.2) is 24.3 Å². The predicted molar refractivity (Wildman–Crippen MR) is 83.0 cm³/mol. The average molecular weight is 298 g/mol. The second-order valence-corrected chi connectivity index (χ2v) is 6.83. The van der Waals surface area contributed by atoms with Gasteiger partial charge in [0, 0.05) is 26.2 Å². The fourth-order valence-corrected chi connectivity index (χ4v) is 3.84. The molecule has 4 rings (SSSR count). The molecule has 2 aliphatic heterocycles. The van der Waals surface area contributed by atoms with Crippen LogP contribution in [0.5, 0.6) is 0 Å². The molecular formula is C18H22N2O2. The van der Waals surface area contributed by atoms with E-state index in [0.717, 1.165) is 51.7 Å². The molecule has 0 N–H and O–H groups in total. The number of likely N-dealkylation sites (tertiary alicyclic amines) is 1. The molecule has 0 atom stereocenters. The van der Waals surface area contributed by atoms with E-state index in [1.165, 1.54) is 11.1 Å². The number of nitrogens with zero attached hydrogens (tertiary/aromatic N) is 2. The van der Waals surface area contributed by atoms with Crippen LogP contribution in [-0.2, 0) is 22.6 Å². The van der Waals surface area contributed by atoms with Crippen molar-refractivity contribution in [2.24, 2.45) is 5.41 Å². The van der Waals surface area contributed by atoms with Gasteiger partial charge >= 0.3 is 0 Å². The third-order valence-corrected chi connectivity index (χ3v) is 5.38. The Kier molecular flexibility index (Phi) is 3.21. The van der Waals surface area contributed by atoms with Gasteiger partial charge in [0.2, 0.25) is 11.8 Å². The molecule has 0 aromatic heterocycles. The molecule has 22 heavy (non-hydrogen) atoms. The number of fused-ring (bicyclic) bond motifs is 1. The number of benzene rings is 1. The van der Waals surface area contributed by atoms with Crippen molar-refractivity contribution in [3.8, 4) is 0 Å². The van der Waals surface area contributed by atoms with Gasteiger partial charge in [-0.1, -0.05) is 24.3 Å². The van der Waals surface area contributed by atoms with Gasteiger partial charge < -0.3 is 9.80 Å². The summed E-state index contributed by atoms with van der Waals surface area (Å²) >= 11 is 0. The smallest absolute Gasteiger partial charge is 0.238 e. The summed E-state index contributed by atoms with van der Waals surface area (Å²) in [7, 11) is 0. The van der Waals surface area contributed by atoms with E-state index < -0.39 is 5.41 Å². The molecule has 0 bridgehead atoms. The summed E-state index contributed by atoms with van der Waals surface area (Å²) in [6, 6.07) is 8.31. The predicted octanol–water partition coefficient (Wildman–Crippen LogP) is 1.97. The monoisotopic (exact) mass is 298 g/mol. The molecule has 3 aliphatic rings. The lowest BCUT2D eigenvalue weighted by molar-refractivity contribution is -0.149. The Bertz CT molecular complexity index is 615. The lowest BCUT2D eigenvalue weighted by atomic mass is 9.96. The van der Waals surface area contributed by atoms with Gasteiger partial charge in [0.05, 0.1) is 0 Å². The summed E-state index contributed by atoms with van der Waals surface area (Å²) in [5, 5.41) is 0. The van der Waals surface area contributed by atoms with Crippen molar-refractivity contribution in [3.05, 3.63) is 35.4 Å². The van der Waals surface area contributed by atoms with Crippen molar-refractivity contribution in [3.63, 3.8) is 0 Å². The van der Waals surface area contributed by atoms with Crippen LogP contribution in [0.3, 0.4) is 0 Å². The van der Waals surface area contributed by atoms with Gasteiger partial charge in [-0.3, -0.25) is 9.59 Å². The second-order valence-electron chi connectivity index (χ2n) is 6.83. The molecule has 1 saturated carbocycles. The molecule has 0 radical (unpaired) electrons. The summed E-state index contributed by atoms with van der Waals surface area (Å²) in [6.07, 6.45) is 4.52. The maximum Gasteiger partial charge on any atom is 0.238 e. The molecule has 0 spiro atoms. The first kappa shape index (κ1) is 13.8. The Morgan fingerprint density at radius 2 is 1.50 bits per heavy atom. The van der Waals surface area contributed by atoms with Crippen LogP contribution in [0.4, 0.5) is 0 Å². The molecule has 1 aliphatic carbocycles. The minimum absolute atomic E-state index is 0.0684. The highest BCUT2D eigenvalue weighted by molar-refractivity contribution is 6.08. The Labute approximate surface area is 131 Å². The number of carbonyl (C=O) groups is 2. The molecule has 116 valence electrons. The standard InChI is InChI=1S/C18H22N2O2/c21-16(19-10-3-4-11-19)18(8-9-18)17(22)20-12-7-14-5-1-2-6-15(14)13-20/h1-2,5-6H,3-4,7-13H2. The van der Waals surface area contributed by atoms with Crippen molar-refractivity contribution >= 4 is 11.8 Å². The fourth-order valence-electron chi connectivity index (χ4n) is 3.84. The summed E-state index contributed by atoms with van der Waals surface area (Å²) in [5.74, 6) is 0.160. The van der Waals surface area contributed by atoms with Gasteiger partial charge in [-0.2, -0.15) is 0 Å². The fraction of sp³-hybridized carbons (Fsp3) is 0.556. The molecule has 1 saturated heterocycles. The number of hydrogen-bond acceptors (Lipinski definition) is 2. The van der Waals surface area contributed by atoms with E-state index in [2.05, 4.69) is 18.2 Å². The first-order valence-electron chi connectivity index (χ1n) is 8.36. The van der Waals surface area contributed by atoms with Crippen molar-refractivity contribution in [1.82, 2.24) is 9.80 Å². The topological polar surface area (TPSA) is 40.6 Å². The SMILES string of the molecule is O=C(N1CCCC1)C1(C(=O)N2CCc3ccccc3C2)CC1. The van der Waals surface area contributed by atoms with Crippen LogP contribution in [0.25, 0.3) is 0 Å². The molecule has 0 unspecified atom stereocenters. The lowest BCUT2D eigenvalue weighted by Crippen LogP contribution is -2.47. The summed E-state index contributed by atoms with van der Waals surface area (Å²) in [5.41, 5.74) is 1.85. The molecule has 4 heteroatoms. The van der Waals surface area contributed by atoms with Crippen molar-refractivity contribution in [1.29, 1.82) is 0 Å². The quantitative estimate of drug-likeness (QED) is 0.783. The zero-order chi connectivity index (χ0) is 15.2. The van der Waals surface area contributed by atoms with E-state index in [1.54, 1.807) is 0 Å². The highest BCUT2D eigenvalue weighted by Gasteiger charge is 2.59. The van der Waals surface area contributed by atoms with Crippen LogP contribution in [0.2, 0.25) is 0 Å². The number of hydrogen-bond donors (Lipinski definition) is 0. The molecule has 1 aromatic carbocycles. The first-order chi connectivity index (χ1) is 10.7. The van der Waals surface area contributed by atoms with Crippen LogP contribution in [-0.4, -0.2) is 41.2 Å². The molecular weight excluding hydrogens is 276 g/mol. The molecule has 1 aromatic rings. The van der Waals surface area contributed by atoms with Crippen molar-refractivity contribution in [2.45, 2.75) is 38.6 Å². The third kappa shape index (κ3) is 2.13. The average Bonchev–Trinajstić information content (AvgIpc) is 3.19. The molecule has 2 heterocycles. The van der Waals surface area contributed by atoms with E-state index in [0.29, 0.717) is 6.54 Å². The van der Waals surface area contributed by atoms with E-state index in [1.807, 2.05) is 15.9 Å². The number of amides is 2. The third-order valence-electron chi connectivity index (χ3n) is 5.38. The van der Waals surface area contributed by atoms with Gasteiger partial charge in [-0.15, -0.1) is 0 Å². The number of rotatable bonds is 2. The summed E-state index contributed by atoms with van der Waals surface area (Å²) in [6.45, 7) is 3.06. The zero-order valence-electron chi connectivity index (χ0n) is 12.9. The Hall–Kier alpha value is -1.84. The normalized spacial score (nSPS) is 22.4. The maximum absolute atomic E-state index is 13.0. The molecule has 4 nitrogen and oxygen atoms in total. The van der Waals surface area contributed by atoms with Crippen molar-refractivity contribution < 1.29 is 9.59 Å². The van der Waals surface area contributed by atoms with E-state index in [9.17, 15) is 9.59 Å². The lowest BCUT2D eigenvalue weighted by Gasteiger charge is -2.32. The first-order valence-corrected chi connectivity index (χ1v) is 8.36. The second kappa shape index (κ2) is 5.11. The summed E-state index contributed by atoms with van der Waals surface area (Å²) in [4.78, 5) is 29.5. The minimum Gasteiger partial charge on any atom is -0.342 e. The van der Waals surface area contributed by atoms with Gasteiger partial charge in [-0.25, -0.2) is 0 Å². The van der Waals surface area contributed by atoms with E-state index in [-0.39, 0.29) is 11.8 Å². The largest absolute Gasteiger partial charge is 0.342 e. The Balaban J connectivity index is 1.51. The molecule has 2 fully saturated rings. The van der Waals surface area contributed by atoms with Gasteiger partial charge in [-0.05, 0) is 43.2 Å². The summed E-state index contributed by atoms with van der Waals surface area (Å²) < 4.78 is 0. The van der Waals surface area contributed by atoms with Crippen LogP contribution in [0, 0.1) is 5.41 Å². The van der Waals surface area contributed by atoms with Gasteiger partial charge in [0.1, 0.15) is 5.41 Å². The molecule has 2 amide bonds. The maximum atomic E-state index is 13.0. The Morgan fingerprint density at radius 1 is 0.864 bits per heavy atom. The van der Waals surface area contributed by atoms with Crippen LogP contribution >= 0.6 is 0 Å². The van der Waals surface area contributed by atoms with Gasteiger partial charge in [0.25, 0.3) is 0 Å². The number of carbonyl (C=O) groups excluding carboxylic acids is 2. The minimum atomic E-state index is -0.712. The van der Waals surface area contributed by atoms with E-state index in [4.69, 9.17) is 0 Å². The Morgan fingerprint density at radius 3 is 2.18 bits per heavy atom. The van der Waals surface area contributed by atoms with Gasteiger partial charge in [0.15, 0.2) is 0 Å². The van der Waals surface area contributed by atoms with Crippen molar-refractivity contribution in [2.75, 3.05) is 19.6 Å². The highest BCUT2D eigenvalue weighted by Crippen LogP contribution is 2.49. The van der Waals surface area contributed by atoms with E-state index >= 15 is 0 Å². The van der Waals surface area contributed by atoms with Crippen LogP contribution < -0.4 is 0 Å². The zero-order valence-corrected chi connectivity index (χ0v) is 12.9.